The van der Waals surface area contributed by atoms with E-state index in [1.165, 1.54) is 7.11 Å². The SMILES string of the molecule is COC(=O)CCC(=O)N1CCC2(CC1)CN(Cc1cccc(Br)c1)C(=O)O2. The van der Waals surface area contributed by atoms with Crippen molar-refractivity contribution in [3.63, 3.8) is 0 Å². The molecule has 0 aliphatic carbocycles. The first kappa shape index (κ1) is 19.7. The van der Waals surface area contributed by atoms with Gasteiger partial charge in [-0.3, -0.25) is 14.5 Å². The molecule has 1 aromatic carbocycles. The fourth-order valence-electron chi connectivity index (χ4n) is 3.56. The van der Waals surface area contributed by atoms with Gasteiger partial charge in [-0.05, 0) is 17.7 Å². The summed E-state index contributed by atoms with van der Waals surface area (Å²) in [6.45, 7) is 2.08. The predicted molar refractivity (Wildman–Crippen MR) is 101 cm³/mol. The molecule has 0 bridgehead atoms. The van der Waals surface area contributed by atoms with E-state index in [1.54, 1.807) is 9.80 Å². The Morgan fingerprint density at radius 1 is 1.26 bits per heavy atom. The molecule has 3 rings (SSSR count). The number of hydrogen-bond acceptors (Lipinski definition) is 5. The fourth-order valence-corrected chi connectivity index (χ4v) is 4.01. The molecule has 1 spiro atoms. The average Bonchev–Trinajstić information content (AvgIpc) is 2.94. The number of ether oxygens (including phenoxy) is 2. The maximum Gasteiger partial charge on any atom is 0.410 e. The van der Waals surface area contributed by atoms with Crippen LogP contribution < -0.4 is 0 Å². The lowest BCUT2D eigenvalue weighted by atomic mass is 9.91. The third kappa shape index (κ3) is 4.80. The molecule has 0 N–H and O–H groups in total. The molecule has 0 aromatic heterocycles. The first-order valence-electron chi connectivity index (χ1n) is 8.98. The van der Waals surface area contributed by atoms with Crippen molar-refractivity contribution < 1.29 is 23.9 Å². The maximum absolute atomic E-state index is 12.3. The lowest BCUT2D eigenvalue weighted by Gasteiger charge is -2.37. The Morgan fingerprint density at radius 2 is 2.00 bits per heavy atom. The van der Waals surface area contributed by atoms with Crippen molar-refractivity contribution in [1.82, 2.24) is 9.80 Å². The number of carbonyl (C=O) groups excluding carboxylic acids is 3. The Balaban J connectivity index is 1.53. The third-order valence-corrected chi connectivity index (χ3v) is 5.59. The highest BCUT2D eigenvalue weighted by Gasteiger charge is 2.47. The van der Waals surface area contributed by atoms with Crippen LogP contribution in [0.4, 0.5) is 4.79 Å². The van der Waals surface area contributed by atoms with Gasteiger partial charge in [-0.1, -0.05) is 28.1 Å². The highest BCUT2D eigenvalue weighted by molar-refractivity contribution is 9.10. The summed E-state index contributed by atoms with van der Waals surface area (Å²) in [7, 11) is 1.31. The van der Waals surface area contributed by atoms with Crippen molar-refractivity contribution in [2.75, 3.05) is 26.7 Å². The molecule has 27 heavy (non-hydrogen) atoms. The van der Waals surface area contributed by atoms with Crippen LogP contribution in [0.1, 0.15) is 31.2 Å². The molecule has 0 saturated carbocycles. The van der Waals surface area contributed by atoms with E-state index >= 15 is 0 Å². The summed E-state index contributed by atoms with van der Waals surface area (Å²) in [6.07, 6.45) is 1.15. The van der Waals surface area contributed by atoms with E-state index in [4.69, 9.17) is 4.74 Å². The molecule has 0 atom stereocenters. The lowest BCUT2D eigenvalue weighted by Crippen LogP contribution is -2.48. The van der Waals surface area contributed by atoms with Crippen molar-refractivity contribution >= 4 is 33.9 Å². The standard InChI is InChI=1S/C19H23BrN2O5/c1-26-17(24)6-5-16(23)21-9-7-19(8-10-21)13-22(18(25)27-19)12-14-3-2-4-15(20)11-14/h2-4,11H,5-10,12-13H2,1H3. The minimum atomic E-state index is -0.526. The van der Waals surface area contributed by atoms with Crippen molar-refractivity contribution in [3.8, 4) is 0 Å². The second-order valence-corrected chi connectivity index (χ2v) is 7.91. The Labute approximate surface area is 166 Å². The van der Waals surface area contributed by atoms with Gasteiger partial charge in [0.2, 0.25) is 5.91 Å². The van der Waals surface area contributed by atoms with E-state index in [0.717, 1.165) is 10.0 Å². The molecule has 2 aliphatic heterocycles. The fraction of sp³-hybridized carbons (Fsp3) is 0.526. The highest BCUT2D eigenvalue weighted by Crippen LogP contribution is 2.34. The number of piperidine rings is 1. The van der Waals surface area contributed by atoms with Gasteiger partial charge in [0.05, 0.1) is 20.1 Å². The number of esters is 1. The number of halogens is 1. The zero-order chi connectivity index (χ0) is 19.4. The second kappa shape index (κ2) is 8.29. The van der Waals surface area contributed by atoms with E-state index in [9.17, 15) is 14.4 Å². The van der Waals surface area contributed by atoms with Gasteiger partial charge in [0.15, 0.2) is 0 Å². The summed E-state index contributed by atoms with van der Waals surface area (Å²) >= 11 is 3.44. The van der Waals surface area contributed by atoms with Gasteiger partial charge < -0.3 is 14.4 Å². The molecular weight excluding hydrogens is 416 g/mol. The van der Waals surface area contributed by atoms with Crippen LogP contribution in [-0.2, 0) is 25.6 Å². The van der Waals surface area contributed by atoms with Crippen LogP contribution in [0.25, 0.3) is 0 Å². The summed E-state index contributed by atoms with van der Waals surface area (Å²) in [4.78, 5) is 39.2. The van der Waals surface area contributed by atoms with Crippen molar-refractivity contribution in [3.05, 3.63) is 34.3 Å². The Kier molecular flexibility index (Phi) is 6.04. The number of nitrogens with zero attached hydrogens (tertiary/aromatic N) is 2. The molecule has 2 aliphatic rings. The second-order valence-electron chi connectivity index (χ2n) is 6.99. The van der Waals surface area contributed by atoms with Gasteiger partial charge in [-0.2, -0.15) is 0 Å². The molecule has 2 amide bonds. The van der Waals surface area contributed by atoms with Gasteiger partial charge in [0.25, 0.3) is 0 Å². The highest BCUT2D eigenvalue weighted by atomic mass is 79.9. The van der Waals surface area contributed by atoms with Crippen LogP contribution in [0.3, 0.4) is 0 Å². The smallest absolute Gasteiger partial charge is 0.410 e. The third-order valence-electron chi connectivity index (χ3n) is 5.10. The van der Waals surface area contributed by atoms with Gasteiger partial charge in [-0.15, -0.1) is 0 Å². The van der Waals surface area contributed by atoms with E-state index in [1.807, 2.05) is 24.3 Å². The van der Waals surface area contributed by atoms with Crippen LogP contribution >= 0.6 is 15.9 Å². The first-order valence-corrected chi connectivity index (χ1v) is 9.77. The number of likely N-dealkylation sites (tertiary alicyclic amines) is 1. The zero-order valence-corrected chi connectivity index (χ0v) is 16.9. The summed E-state index contributed by atoms with van der Waals surface area (Å²) in [6, 6.07) is 7.85. The van der Waals surface area contributed by atoms with Crippen molar-refractivity contribution in [2.24, 2.45) is 0 Å². The summed E-state index contributed by atoms with van der Waals surface area (Å²) in [5.74, 6) is -0.449. The molecule has 8 heteroatoms. The first-order chi connectivity index (χ1) is 12.9. The molecule has 146 valence electrons. The number of benzene rings is 1. The summed E-state index contributed by atoms with van der Waals surface area (Å²) in [5.41, 5.74) is 0.510. The molecule has 2 saturated heterocycles. The monoisotopic (exact) mass is 438 g/mol. The molecule has 2 heterocycles. The summed E-state index contributed by atoms with van der Waals surface area (Å²) < 4.78 is 11.3. The van der Waals surface area contributed by atoms with E-state index in [-0.39, 0.29) is 30.8 Å². The number of amides is 2. The van der Waals surface area contributed by atoms with E-state index in [0.29, 0.717) is 39.0 Å². The van der Waals surface area contributed by atoms with Crippen LogP contribution in [0.2, 0.25) is 0 Å². The summed E-state index contributed by atoms with van der Waals surface area (Å²) in [5, 5.41) is 0. The topological polar surface area (TPSA) is 76.2 Å². The Morgan fingerprint density at radius 3 is 2.67 bits per heavy atom. The van der Waals surface area contributed by atoms with Crippen LogP contribution in [0, 0.1) is 0 Å². The largest absolute Gasteiger partial charge is 0.469 e. The van der Waals surface area contributed by atoms with Crippen LogP contribution in [0.5, 0.6) is 0 Å². The van der Waals surface area contributed by atoms with E-state index in [2.05, 4.69) is 20.7 Å². The Hall–Kier alpha value is -2.09. The lowest BCUT2D eigenvalue weighted by molar-refractivity contribution is -0.144. The van der Waals surface area contributed by atoms with Crippen LogP contribution in [-0.4, -0.2) is 60.1 Å². The quantitative estimate of drug-likeness (QED) is 0.660. The van der Waals surface area contributed by atoms with Gasteiger partial charge >= 0.3 is 12.1 Å². The molecule has 2 fully saturated rings. The van der Waals surface area contributed by atoms with Crippen molar-refractivity contribution in [2.45, 2.75) is 37.8 Å². The van der Waals surface area contributed by atoms with Gasteiger partial charge in [-0.25, -0.2) is 4.79 Å². The number of carbonyl (C=O) groups is 3. The molecule has 7 nitrogen and oxygen atoms in total. The number of rotatable bonds is 5. The molecular formula is C19H23BrN2O5. The maximum atomic E-state index is 12.3. The normalized spacial score (nSPS) is 18.5. The average molecular weight is 439 g/mol. The van der Waals surface area contributed by atoms with Gasteiger partial charge in [0, 0.05) is 43.4 Å². The molecule has 0 radical (unpaired) electrons. The van der Waals surface area contributed by atoms with E-state index < -0.39 is 5.60 Å². The number of methoxy groups -OCH3 is 1. The Bertz CT molecular complexity index is 731. The minimum absolute atomic E-state index is 0.0643. The zero-order valence-electron chi connectivity index (χ0n) is 15.3. The van der Waals surface area contributed by atoms with Crippen LogP contribution in [0.15, 0.2) is 28.7 Å². The number of hydrogen-bond donors (Lipinski definition) is 0. The van der Waals surface area contributed by atoms with Crippen molar-refractivity contribution in [1.29, 1.82) is 0 Å². The molecule has 1 aromatic rings. The molecule has 0 unspecified atom stereocenters. The minimum Gasteiger partial charge on any atom is -0.469 e. The predicted octanol–water partition coefficient (Wildman–Crippen LogP) is 2.72. The van der Waals surface area contributed by atoms with Gasteiger partial charge in [0.1, 0.15) is 5.60 Å².